The summed E-state index contributed by atoms with van der Waals surface area (Å²) in [6, 6.07) is 32.9. The Hall–Kier alpha value is -2.77. The molecule has 1 heteroatoms. The van der Waals surface area contributed by atoms with E-state index in [4.69, 9.17) is 0 Å². The van der Waals surface area contributed by atoms with E-state index in [-0.39, 0.29) is 16.2 Å². The van der Waals surface area contributed by atoms with Crippen LogP contribution in [0.2, 0.25) is 9.36 Å². The Bertz CT molecular complexity index is 1740. The molecule has 0 spiro atoms. The van der Waals surface area contributed by atoms with Crippen LogP contribution in [-0.2, 0) is 30.8 Å². The van der Waals surface area contributed by atoms with Gasteiger partial charge in [-0.2, -0.15) is 0 Å². The van der Waals surface area contributed by atoms with E-state index >= 15 is 0 Å². The second kappa shape index (κ2) is 9.86. The molecule has 4 aromatic carbocycles. The van der Waals surface area contributed by atoms with Gasteiger partial charge in [-0.3, -0.25) is 0 Å². The summed E-state index contributed by atoms with van der Waals surface area (Å²) in [7, 11) is 0. The van der Waals surface area contributed by atoms with Crippen LogP contribution in [-0.4, -0.2) is 0 Å². The molecule has 1 heterocycles. The Balaban J connectivity index is 1.38. The molecule has 224 valence electrons. The molecule has 0 bridgehead atoms. The van der Waals surface area contributed by atoms with Gasteiger partial charge in [-0.25, -0.2) is 0 Å². The standard InChI is InChI=1S/C41H42.2CH3.Hf/c1-39(2,3)31-17-9-13-27(21-31)35-19-11-15-29-23-33(25-37(29)35)41(7,8)34-24-30-16-12-20-36(38(30)26-34)28-14-10-18-32(22-28)40(4,5)6;;;/h9-26H,1-8H3;2*1H3;. The summed E-state index contributed by atoms with van der Waals surface area (Å²) in [4.78, 5) is 0. The molecule has 44 heavy (non-hydrogen) atoms. The molecule has 0 amide bonds. The number of allylic oxidation sites excluding steroid dienone is 2. The van der Waals surface area contributed by atoms with Gasteiger partial charge in [0.05, 0.1) is 0 Å². The summed E-state index contributed by atoms with van der Waals surface area (Å²) < 4.78 is 6.70. The van der Waals surface area contributed by atoms with E-state index in [2.05, 4.69) is 162 Å². The molecule has 0 nitrogen and oxygen atoms in total. The first-order valence-electron chi connectivity index (χ1n) is 16.5. The molecule has 1 aliphatic heterocycles. The van der Waals surface area contributed by atoms with Crippen molar-refractivity contribution in [3.63, 3.8) is 0 Å². The van der Waals surface area contributed by atoms with E-state index < -0.39 is 20.0 Å². The van der Waals surface area contributed by atoms with Crippen LogP contribution in [0, 0.1) is 5.41 Å². The summed E-state index contributed by atoms with van der Waals surface area (Å²) in [5.74, 6) is 0. The third kappa shape index (κ3) is 4.47. The Morgan fingerprint density at radius 2 is 0.932 bits per heavy atom. The first-order chi connectivity index (χ1) is 20.6. The van der Waals surface area contributed by atoms with Gasteiger partial charge in [-0.15, -0.1) is 0 Å². The maximum atomic E-state index is 2.75. The Morgan fingerprint density at radius 1 is 0.545 bits per heavy atom. The quantitative estimate of drug-likeness (QED) is 0.179. The zero-order valence-corrected chi connectivity index (χ0v) is 32.0. The monoisotopic (exact) mass is 744 g/mol. The number of fused-ring (bicyclic) bond motifs is 6. The molecule has 0 saturated carbocycles. The molecule has 0 N–H and O–H groups in total. The molecule has 4 aromatic rings. The van der Waals surface area contributed by atoms with E-state index in [0.29, 0.717) is 7.35 Å². The molecule has 2 atom stereocenters. The number of rotatable bonds is 2. The number of benzene rings is 4. The molecule has 0 aromatic heterocycles. The predicted molar refractivity (Wildman–Crippen MR) is 188 cm³/mol. The minimum absolute atomic E-state index is 0.0119. The van der Waals surface area contributed by atoms with Gasteiger partial charge in [0, 0.05) is 0 Å². The van der Waals surface area contributed by atoms with Crippen LogP contribution >= 0.6 is 0 Å². The molecule has 2 unspecified atom stereocenters. The molecule has 7 rings (SSSR count). The van der Waals surface area contributed by atoms with Crippen molar-refractivity contribution < 1.29 is 20.0 Å². The number of hydrogen-bond donors (Lipinski definition) is 0. The van der Waals surface area contributed by atoms with Gasteiger partial charge >= 0.3 is 272 Å². The zero-order chi connectivity index (χ0) is 31.4. The van der Waals surface area contributed by atoms with Crippen LogP contribution in [0.15, 0.2) is 96.1 Å². The van der Waals surface area contributed by atoms with Crippen molar-refractivity contribution in [2.45, 2.75) is 82.9 Å². The topological polar surface area (TPSA) is 0 Å². The average molecular weight is 743 g/mol. The zero-order valence-electron chi connectivity index (χ0n) is 28.4. The molecule has 1 fully saturated rings. The third-order valence-corrected chi connectivity index (χ3v) is 26.3. The van der Waals surface area contributed by atoms with Gasteiger partial charge in [0.2, 0.25) is 0 Å². The van der Waals surface area contributed by atoms with Gasteiger partial charge in [0.15, 0.2) is 0 Å². The van der Waals surface area contributed by atoms with Crippen molar-refractivity contribution in [1.29, 1.82) is 0 Å². The Kier molecular flexibility index (Phi) is 6.71. The fraction of sp³-hybridized carbons (Fsp3) is 0.349. The number of hydrogen-bond acceptors (Lipinski definition) is 0. The van der Waals surface area contributed by atoms with Gasteiger partial charge in [0.1, 0.15) is 0 Å². The molecule has 0 radical (unpaired) electrons. The average Bonchev–Trinajstić information content (AvgIpc) is 3.57. The first kappa shape index (κ1) is 29.9. The van der Waals surface area contributed by atoms with Crippen LogP contribution in [0.3, 0.4) is 0 Å². The van der Waals surface area contributed by atoms with Crippen molar-refractivity contribution >= 4 is 12.2 Å². The van der Waals surface area contributed by atoms with E-state index in [1.165, 1.54) is 44.5 Å². The van der Waals surface area contributed by atoms with E-state index in [0.717, 1.165) is 0 Å². The van der Waals surface area contributed by atoms with Crippen LogP contribution in [0.4, 0.5) is 0 Å². The van der Waals surface area contributed by atoms with E-state index in [9.17, 15) is 0 Å². The maximum absolute atomic E-state index is 3.07. The van der Waals surface area contributed by atoms with Gasteiger partial charge in [-0.05, 0) is 0 Å². The van der Waals surface area contributed by atoms with Crippen LogP contribution < -0.4 is 0 Å². The van der Waals surface area contributed by atoms with Crippen molar-refractivity contribution in [2.75, 3.05) is 0 Å². The molecule has 2 aliphatic carbocycles. The third-order valence-electron chi connectivity index (χ3n) is 11.1. The first-order valence-corrected chi connectivity index (χ1v) is 27.9. The molecule has 3 aliphatic rings. The fourth-order valence-electron chi connectivity index (χ4n) is 8.63. The minimum atomic E-state index is -3.07. The van der Waals surface area contributed by atoms with Crippen molar-refractivity contribution in [3.05, 3.63) is 129 Å². The van der Waals surface area contributed by atoms with E-state index in [1.54, 1.807) is 22.3 Å². The summed E-state index contributed by atoms with van der Waals surface area (Å²) >= 11 is -3.07. The Morgan fingerprint density at radius 3 is 1.32 bits per heavy atom. The van der Waals surface area contributed by atoms with Crippen LogP contribution in [0.25, 0.3) is 34.4 Å². The van der Waals surface area contributed by atoms with Gasteiger partial charge in [-0.1, -0.05) is 0 Å². The second-order valence-corrected chi connectivity index (χ2v) is 34.0. The summed E-state index contributed by atoms with van der Waals surface area (Å²) in [6.45, 7) is 18.9. The van der Waals surface area contributed by atoms with Crippen LogP contribution in [0.1, 0.15) is 96.1 Å². The molecular formula is C43H48Hf. The fourth-order valence-corrected chi connectivity index (χ4v) is 26.4. The van der Waals surface area contributed by atoms with Gasteiger partial charge in [0.25, 0.3) is 0 Å². The van der Waals surface area contributed by atoms with Crippen LogP contribution in [0.5, 0.6) is 0 Å². The molecule has 1 saturated heterocycles. The van der Waals surface area contributed by atoms with Crippen molar-refractivity contribution in [1.82, 2.24) is 0 Å². The summed E-state index contributed by atoms with van der Waals surface area (Å²) in [5.41, 5.74) is 18.1. The second-order valence-electron chi connectivity index (χ2n) is 16.8. The summed E-state index contributed by atoms with van der Waals surface area (Å²) in [5, 5.41) is 0. The SMILES string of the molecule is CC1(C)C2=Cc3c(-c4cccc(C(C)(C)C)c4)cccc3[CH]2[Hf]([CH3])([CH3])[CH]2C1=Cc1c(-c3cccc(C(C)(C)C)c3)cccc12. The summed E-state index contributed by atoms with van der Waals surface area (Å²) in [6.07, 6.45) is 5.27. The predicted octanol–water partition coefficient (Wildman–Crippen LogP) is 12.5. The van der Waals surface area contributed by atoms with E-state index in [1.807, 2.05) is 0 Å². The Labute approximate surface area is 270 Å². The van der Waals surface area contributed by atoms with Gasteiger partial charge < -0.3 is 0 Å². The van der Waals surface area contributed by atoms with Crippen molar-refractivity contribution in [3.8, 4) is 22.3 Å². The normalized spacial score (nSPS) is 21.1. The van der Waals surface area contributed by atoms with Crippen molar-refractivity contribution in [2.24, 2.45) is 5.41 Å². The molecular weight excluding hydrogens is 695 g/mol.